The quantitative estimate of drug-likeness (QED) is 0.627. The molecule has 1 aromatic carbocycles. The van der Waals surface area contributed by atoms with Gasteiger partial charge in [-0.1, -0.05) is 35.5 Å². The van der Waals surface area contributed by atoms with E-state index in [2.05, 4.69) is 20.3 Å². The minimum atomic E-state index is 0.0881. The predicted molar refractivity (Wildman–Crippen MR) is 68.3 cm³/mol. The van der Waals surface area contributed by atoms with E-state index in [1.807, 2.05) is 30.3 Å². The van der Waals surface area contributed by atoms with E-state index in [0.29, 0.717) is 18.0 Å². The van der Waals surface area contributed by atoms with Crippen molar-refractivity contribution in [2.75, 3.05) is 0 Å². The first-order valence-corrected chi connectivity index (χ1v) is 5.69. The van der Waals surface area contributed by atoms with Crippen LogP contribution >= 0.6 is 11.6 Å². The van der Waals surface area contributed by atoms with Crippen LogP contribution in [-0.2, 0) is 11.4 Å². The Labute approximate surface area is 109 Å². The summed E-state index contributed by atoms with van der Waals surface area (Å²) in [7, 11) is 0. The van der Waals surface area contributed by atoms with Crippen LogP contribution < -0.4 is 0 Å². The normalized spacial score (nSPS) is 11.3. The molecule has 18 heavy (non-hydrogen) atoms. The monoisotopic (exact) mass is 262 g/mol. The Morgan fingerprint density at radius 2 is 2.11 bits per heavy atom. The molecule has 0 fully saturated rings. The van der Waals surface area contributed by atoms with E-state index < -0.39 is 0 Å². The largest absolute Gasteiger partial charge is 0.391 e. The topological polar surface area (TPSA) is 60.3 Å². The third-order valence-electron chi connectivity index (χ3n) is 2.18. The van der Waals surface area contributed by atoms with Crippen LogP contribution in [0.25, 0.3) is 0 Å². The van der Waals surface area contributed by atoms with Crippen molar-refractivity contribution >= 4 is 17.3 Å². The molecule has 0 unspecified atom stereocenters. The van der Waals surface area contributed by atoms with Crippen LogP contribution in [0.2, 0.25) is 5.28 Å². The molecule has 2 rings (SSSR count). The van der Waals surface area contributed by atoms with Crippen molar-refractivity contribution in [1.29, 1.82) is 0 Å². The highest BCUT2D eigenvalue weighted by atomic mass is 35.5. The van der Waals surface area contributed by atoms with Crippen molar-refractivity contribution in [3.8, 4) is 0 Å². The van der Waals surface area contributed by atoms with Crippen molar-refractivity contribution in [2.45, 2.75) is 13.5 Å². The van der Waals surface area contributed by atoms with Gasteiger partial charge in [-0.2, -0.15) is 5.10 Å². The number of oxime groups is 1. The van der Waals surface area contributed by atoms with Crippen LogP contribution in [-0.4, -0.2) is 20.9 Å². The lowest BCUT2D eigenvalue weighted by Gasteiger charge is -2.01. The molecule has 1 aromatic heterocycles. The highest BCUT2D eigenvalue weighted by molar-refractivity contribution is 6.28. The van der Waals surface area contributed by atoms with Crippen molar-refractivity contribution in [1.82, 2.24) is 15.2 Å². The van der Waals surface area contributed by atoms with Gasteiger partial charge in [0, 0.05) is 0 Å². The number of nitrogens with zero attached hydrogens (tertiary/aromatic N) is 4. The molecular weight excluding hydrogens is 252 g/mol. The Kier molecular flexibility index (Phi) is 4.20. The molecule has 0 aliphatic rings. The van der Waals surface area contributed by atoms with Crippen LogP contribution in [0.4, 0.5) is 0 Å². The van der Waals surface area contributed by atoms with Crippen molar-refractivity contribution in [3.05, 3.63) is 53.1 Å². The molecule has 5 nitrogen and oxygen atoms in total. The summed E-state index contributed by atoms with van der Waals surface area (Å²) >= 11 is 5.64. The second kappa shape index (κ2) is 6.07. The van der Waals surface area contributed by atoms with Gasteiger partial charge in [0.1, 0.15) is 18.0 Å². The van der Waals surface area contributed by atoms with Crippen LogP contribution in [0.3, 0.4) is 0 Å². The number of aromatic nitrogens is 3. The number of rotatable bonds is 4. The Hall–Kier alpha value is -2.01. The van der Waals surface area contributed by atoms with E-state index in [1.165, 1.54) is 6.20 Å². The molecule has 6 heteroatoms. The molecule has 0 saturated heterocycles. The summed E-state index contributed by atoms with van der Waals surface area (Å²) in [4.78, 5) is 9.21. The molecule has 1 heterocycles. The lowest BCUT2D eigenvalue weighted by Crippen LogP contribution is -2.02. The van der Waals surface area contributed by atoms with Gasteiger partial charge in [-0.05, 0) is 24.1 Å². The SMILES string of the molecule is CC(=NOCc1ccccc1)c1cnnc(Cl)n1. The molecule has 0 atom stereocenters. The number of hydrogen-bond donors (Lipinski definition) is 0. The van der Waals surface area contributed by atoms with Gasteiger partial charge in [-0.15, -0.1) is 5.10 Å². The maximum atomic E-state index is 5.64. The van der Waals surface area contributed by atoms with Gasteiger partial charge < -0.3 is 4.84 Å². The summed E-state index contributed by atoms with van der Waals surface area (Å²) in [6, 6.07) is 9.78. The minimum absolute atomic E-state index is 0.0881. The van der Waals surface area contributed by atoms with Gasteiger partial charge in [0.2, 0.25) is 5.28 Å². The maximum absolute atomic E-state index is 5.64. The van der Waals surface area contributed by atoms with E-state index in [4.69, 9.17) is 16.4 Å². The lowest BCUT2D eigenvalue weighted by atomic mass is 10.2. The molecule has 0 radical (unpaired) electrons. The summed E-state index contributed by atoms with van der Waals surface area (Å²) in [5.41, 5.74) is 2.19. The van der Waals surface area contributed by atoms with Crippen LogP contribution in [0.15, 0.2) is 41.7 Å². The summed E-state index contributed by atoms with van der Waals surface area (Å²) in [5, 5.41) is 11.3. The Morgan fingerprint density at radius 3 is 2.83 bits per heavy atom. The van der Waals surface area contributed by atoms with Gasteiger partial charge in [-0.25, -0.2) is 4.98 Å². The van der Waals surface area contributed by atoms with Gasteiger partial charge in [-0.3, -0.25) is 0 Å². The Balaban J connectivity index is 1.97. The third-order valence-corrected chi connectivity index (χ3v) is 2.34. The number of halogens is 1. The molecule has 0 bridgehead atoms. The maximum Gasteiger partial charge on any atom is 0.243 e. The smallest absolute Gasteiger partial charge is 0.243 e. The summed E-state index contributed by atoms with van der Waals surface area (Å²) in [6.07, 6.45) is 1.48. The molecule has 0 spiro atoms. The summed E-state index contributed by atoms with van der Waals surface area (Å²) in [5.74, 6) is 0. The Morgan fingerprint density at radius 1 is 1.33 bits per heavy atom. The highest BCUT2D eigenvalue weighted by Gasteiger charge is 2.02. The average Bonchev–Trinajstić information content (AvgIpc) is 2.40. The van der Waals surface area contributed by atoms with Gasteiger partial charge in [0.05, 0.1) is 6.20 Å². The van der Waals surface area contributed by atoms with Gasteiger partial charge in [0.15, 0.2) is 0 Å². The molecule has 0 aliphatic carbocycles. The van der Waals surface area contributed by atoms with Gasteiger partial charge >= 0.3 is 0 Å². The average molecular weight is 263 g/mol. The van der Waals surface area contributed by atoms with Gasteiger partial charge in [0.25, 0.3) is 0 Å². The summed E-state index contributed by atoms with van der Waals surface area (Å²) in [6.45, 7) is 2.18. The molecule has 92 valence electrons. The first-order chi connectivity index (χ1) is 8.75. The fraction of sp³-hybridized carbons (Fsp3) is 0.167. The van der Waals surface area contributed by atoms with Crippen molar-refractivity contribution in [3.63, 3.8) is 0 Å². The van der Waals surface area contributed by atoms with E-state index in [-0.39, 0.29) is 5.28 Å². The van der Waals surface area contributed by atoms with E-state index in [9.17, 15) is 0 Å². The van der Waals surface area contributed by atoms with E-state index in [0.717, 1.165) is 5.56 Å². The van der Waals surface area contributed by atoms with Crippen LogP contribution in [0.1, 0.15) is 18.2 Å². The fourth-order valence-electron chi connectivity index (χ4n) is 1.28. The van der Waals surface area contributed by atoms with E-state index in [1.54, 1.807) is 6.92 Å². The van der Waals surface area contributed by atoms with Crippen molar-refractivity contribution < 1.29 is 4.84 Å². The second-order valence-electron chi connectivity index (χ2n) is 3.55. The fourth-order valence-corrected chi connectivity index (χ4v) is 1.42. The third kappa shape index (κ3) is 3.49. The first kappa shape index (κ1) is 12.4. The zero-order chi connectivity index (χ0) is 12.8. The molecular formula is C12H11ClN4O. The van der Waals surface area contributed by atoms with Crippen molar-refractivity contribution in [2.24, 2.45) is 5.16 Å². The molecule has 0 saturated carbocycles. The first-order valence-electron chi connectivity index (χ1n) is 5.32. The zero-order valence-corrected chi connectivity index (χ0v) is 10.5. The van der Waals surface area contributed by atoms with E-state index >= 15 is 0 Å². The highest BCUT2D eigenvalue weighted by Crippen LogP contribution is 2.03. The minimum Gasteiger partial charge on any atom is -0.391 e. The van der Waals surface area contributed by atoms with Crippen LogP contribution in [0.5, 0.6) is 0 Å². The number of hydrogen-bond acceptors (Lipinski definition) is 5. The standard InChI is InChI=1S/C12H11ClN4O/c1-9(11-7-14-16-12(13)15-11)17-18-8-10-5-3-2-4-6-10/h2-7H,8H2,1H3. The predicted octanol–water partition coefficient (Wildman–Crippen LogP) is 2.47. The second-order valence-corrected chi connectivity index (χ2v) is 3.88. The van der Waals surface area contributed by atoms with Crippen LogP contribution in [0, 0.1) is 0 Å². The molecule has 0 aliphatic heterocycles. The molecule has 0 N–H and O–H groups in total. The lowest BCUT2D eigenvalue weighted by molar-refractivity contribution is 0.130. The number of benzene rings is 1. The molecule has 2 aromatic rings. The Bertz CT molecular complexity index is 545. The molecule has 0 amide bonds. The zero-order valence-electron chi connectivity index (χ0n) is 9.75. The summed E-state index contributed by atoms with van der Waals surface area (Å²) < 4.78 is 0.